The summed E-state index contributed by atoms with van der Waals surface area (Å²) in [6.45, 7) is 6.26. The molecule has 0 unspecified atom stereocenters. The van der Waals surface area contributed by atoms with Gasteiger partial charge in [-0.3, -0.25) is 14.5 Å². The van der Waals surface area contributed by atoms with Crippen LogP contribution in [0.3, 0.4) is 0 Å². The average molecular weight is 405 g/mol. The number of para-hydroxylation sites is 1. The molecule has 0 atom stereocenters. The number of amides is 2. The summed E-state index contributed by atoms with van der Waals surface area (Å²) in [7, 11) is 0. The van der Waals surface area contributed by atoms with Crippen molar-refractivity contribution < 1.29 is 14.0 Å². The van der Waals surface area contributed by atoms with Gasteiger partial charge < -0.3 is 15.5 Å². The molecule has 1 aromatic rings. The number of halogens is 1. The Balaban J connectivity index is 1.31. The van der Waals surface area contributed by atoms with Crippen LogP contribution in [0.2, 0.25) is 0 Å². The summed E-state index contributed by atoms with van der Waals surface area (Å²) in [5.74, 6) is 0.292. The van der Waals surface area contributed by atoms with Crippen molar-refractivity contribution in [3.05, 3.63) is 30.1 Å². The lowest BCUT2D eigenvalue weighted by atomic mass is 9.84. The molecular weight excluding hydrogens is 371 g/mol. The quantitative estimate of drug-likeness (QED) is 0.731. The van der Waals surface area contributed by atoms with Crippen molar-refractivity contribution >= 4 is 17.5 Å². The first-order chi connectivity index (χ1) is 14.0. The Morgan fingerprint density at radius 3 is 2.41 bits per heavy atom. The van der Waals surface area contributed by atoms with Gasteiger partial charge in [-0.15, -0.1) is 0 Å². The predicted octanol–water partition coefficient (Wildman–Crippen LogP) is 2.15. The van der Waals surface area contributed by atoms with Crippen molar-refractivity contribution in [1.82, 2.24) is 15.5 Å². The summed E-state index contributed by atoms with van der Waals surface area (Å²) >= 11 is 0. The summed E-state index contributed by atoms with van der Waals surface area (Å²) in [5.41, 5.74) is 0.714. The monoisotopic (exact) mass is 404 g/mol. The fourth-order valence-electron chi connectivity index (χ4n) is 4.36. The van der Waals surface area contributed by atoms with E-state index in [9.17, 15) is 14.0 Å². The van der Waals surface area contributed by atoms with E-state index >= 15 is 0 Å². The first-order valence-electron chi connectivity index (χ1n) is 10.8. The smallest absolute Gasteiger partial charge is 0.239 e. The highest BCUT2D eigenvalue weighted by atomic mass is 19.1. The van der Waals surface area contributed by atoms with Crippen molar-refractivity contribution in [2.45, 2.75) is 45.1 Å². The second kappa shape index (κ2) is 10.6. The summed E-state index contributed by atoms with van der Waals surface area (Å²) in [6.07, 6.45) is 5.49. The number of piperazine rings is 1. The van der Waals surface area contributed by atoms with E-state index in [1.165, 1.54) is 19.4 Å². The average Bonchev–Trinajstić information content (AvgIpc) is 2.73. The molecule has 1 saturated carbocycles. The molecule has 29 heavy (non-hydrogen) atoms. The molecule has 3 rings (SSSR count). The number of rotatable bonds is 7. The third-order valence-electron chi connectivity index (χ3n) is 6.13. The maximum Gasteiger partial charge on any atom is 0.239 e. The second-order valence-electron chi connectivity index (χ2n) is 8.26. The van der Waals surface area contributed by atoms with E-state index in [1.807, 2.05) is 12.1 Å². The third kappa shape index (κ3) is 6.70. The van der Waals surface area contributed by atoms with Crippen molar-refractivity contribution in [2.75, 3.05) is 44.2 Å². The topological polar surface area (TPSA) is 64.7 Å². The van der Waals surface area contributed by atoms with Gasteiger partial charge in [-0.2, -0.15) is 0 Å². The molecule has 160 valence electrons. The molecule has 1 aliphatic carbocycles. The number of hydrogen-bond acceptors (Lipinski definition) is 4. The van der Waals surface area contributed by atoms with E-state index in [1.54, 1.807) is 6.07 Å². The number of nitrogens with zero attached hydrogens (tertiary/aromatic N) is 2. The highest BCUT2D eigenvalue weighted by Crippen LogP contribution is 2.27. The van der Waals surface area contributed by atoms with Crippen LogP contribution in [0.25, 0.3) is 0 Å². The molecule has 2 N–H and O–H groups in total. The van der Waals surface area contributed by atoms with Crippen LogP contribution in [-0.2, 0) is 9.59 Å². The van der Waals surface area contributed by atoms with Gasteiger partial charge in [0.25, 0.3) is 0 Å². The number of carbonyl (C=O) groups excluding carboxylic acids is 2. The molecule has 1 aliphatic heterocycles. The van der Waals surface area contributed by atoms with Gasteiger partial charge in [-0.25, -0.2) is 4.39 Å². The van der Waals surface area contributed by atoms with Gasteiger partial charge in [0.2, 0.25) is 11.8 Å². The molecular formula is C22H33FN4O2. The highest BCUT2D eigenvalue weighted by Gasteiger charge is 2.24. The zero-order valence-electron chi connectivity index (χ0n) is 17.3. The molecule has 2 fully saturated rings. The van der Waals surface area contributed by atoms with E-state index in [4.69, 9.17) is 0 Å². The van der Waals surface area contributed by atoms with Gasteiger partial charge in [-0.1, -0.05) is 12.1 Å². The molecule has 1 saturated heterocycles. The van der Waals surface area contributed by atoms with Gasteiger partial charge >= 0.3 is 0 Å². The Kier molecular flexibility index (Phi) is 7.86. The SMILES string of the molecule is CC(=O)NCC(=O)NC1CCC(CCN2CCN(c3ccccc3F)CC2)CC1. The number of anilines is 1. The first kappa shape index (κ1) is 21.6. The van der Waals surface area contributed by atoms with Crippen LogP contribution in [0.1, 0.15) is 39.0 Å². The minimum absolute atomic E-state index is 0.0636. The Morgan fingerprint density at radius 2 is 1.76 bits per heavy atom. The van der Waals surface area contributed by atoms with Gasteiger partial charge in [0.15, 0.2) is 0 Å². The van der Waals surface area contributed by atoms with E-state index in [0.29, 0.717) is 11.6 Å². The molecule has 0 aromatic heterocycles. The van der Waals surface area contributed by atoms with E-state index in [2.05, 4.69) is 20.4 Å². The molecule has 1 aromatic carbocycles. The molecule has 0 bridgehead atoms. The third-order valence-corrected chi connectivity index (χ3v) is 6.13. The summed E-state index contributed by atoms with van der Waals surface area (Å²) < 4.78 is 14.0. The summed E-state index contributed by atoms with van der Waals surface area (Å²) in [5, 5.41) is 5.56. The normalized spacial score (nSPS) is 22.9. The molecule has 0 radical (unpaired) electrons. The highest BCUT2D eigenvalue weighted by molar-refractivity contribution is 5.83. The molecule has 1 heterocycles. The lowest BCUT2D eigenvalue weighted by Crippen LogP contribution is -2.47. The molecule has 6 nitrogen and oxygen atoms in total. The van der Waals surface area contributed by atoms with E-state index in [-0.39, 0.29) is 30.2 Å². The molecule has 0 spiro atoms. The van der Waals surface area contributed by atoms with Crippen LogP contribution in [0.15, 0.2) is 24.3 Å². The van der Waals surface area contributed by atoms with Gasteiger partial charge in [0.05, 0.1) is 12.2 Å². The second-order valence-corrected chi connectivity index (χ2v) is 8.26. The Hall–Kier alpha value is -2.15. The largest absolute Gasteiger partial charge is 0.367 e. The maximum absolute atomic E-state index is 14.0. The first-order valence-corrected chi connectivity index (χ1v) is 10.8. The fraction of sp³-hybridized carbons (Fsp3) is 0.636. The summed E-state index contributed by atoms with van der Waals surface area (Å²) in [6, 6.07) is 7.25. The molecule has 7 heteroatoms. The van der Waals surface area contributed by atoms with Crippen LogP contribution in [0.4, 0.5) is 10.1 Å². The Bertz CT molecular complexity index is 683. The number of benzene rings is 1. The van der Waals surface area contributed by atoms with Crippen LogP contribution < -0.4 is 15.5 Å². The lowest BCUT2D eigenvalue weighted by Gasteiger charge is -2.37. The van der Waals surface area contributed by atoms with E-state index < -0.39 is 0 Å². The van der Waals surface area contributed by atoms with Crippen LogP contribution in [0.5, 0.6) is 0 Å². The lowest BCUT2D eigenvalue weighted by molar-refractivity contribution is -0.125. The predicted molar refractivity (Wildman–Crippen MR) is 112 cm³/mol. The van der Waals surface area contributed by atoms with E-state index in [0.717, 1.165) is 58.4 Å². The fourth-order valence-corrected chi connectivity index (χ4v) is 4.36. The van der Waals surface area contributed by atoms with Crippen molar-refractivity contribution in [1.29, 1.82) is 0 Å². The standard InChI is InChI=1S/C22H33FN4O2/c1-17(28)24-16-22(29)25-19-8-6-18(7-9-19)10-11-26-12-14-27(15-13-26)21-5-3-2-4-20(21)23/h2-5,18-19H,6-16H2,1H3,(H,24,28)(H,25,29). The van der Waals surface area contributed by atoms with Crippen LogP contribution in [0, 0.1) is 11.7 Å². The minimum atomic E-state index is -0.182. The zero-order valence-corrected chi connectivity index (χ0v) is 17.3. The van der Waals surface area contributed by atoms with Crippen molar-refractivity contribution in [3.8, 4) is 0 Å². The number of carbonyl (C=O) groups is 2. The molecule has 2 aliphatic rings. The Morgan fingerprint density at radius 1 is 1.07 bits per heavy atom. The number of nitrogens with one attached hydrogen (secondary N) is 2. The summed E-state index contributed by atoms with van der Waals surface area (Å²) in [4.78, 5) is 27.3. The van der Waals surface area contributed by atoms with Crippen molar-refractivity contribution in [3.63, 3.8) is 0 Å². The maximum atomic E-state index is 14.0. The number of hydrogen-bond donors (Lipinski definition) is 2. The Labute approximate surface area is 172 Å². The van der Waals surface area contributed by atoms with Gasteiger partial charge in [-0.05, 0) is 56.7 Å². The minimum Gasteiger partial charge on any atom is -0.367 e. The van der Waals surface area contributed by atoms with Gasteiger partial charge in [0.1, 0.15) is 5.82 Å². The van der Waals surface area contributed by atoms with Gasteiger partial charge in [0, 0.05) is 39.1 Å². The molecule has 2 amide bonds. The zero-order chi connectivity index (χ0) is 20.6. The van der Waals surface area contributed by atoms with Crippen LogP contribution >= 0.6 is 0 Å². The van der Waals surface area contributed by atoms with Crippen molar-refractivity contribution in [2.24, 2.45) is 5.92 Å². The van der Waals surface area contributed by atoms with Crippen LogP contribution in [-0.4, -0.2) is 62.0 Å².